The summed E-state index contributed by atoms with van der Waals surface area (Å²) in [5.41, 5.74) is 1.85. The lowest BCUT2D eigenvalue weighted by Gasteiger charge is -2.18. The van der Waals surface area contributed by atoms with Crippen molar-refractivity contribution in [3.8, 4) is 0 Å². The molecule has 0 heterocycles. The number of carboxylic acids is 1. The summed E-state index contributed by atoms with van der Waals surface area (Å²) in [4.78, 5) is 10.9. The molecule has 0 amide bonds. The molecule has 0 spiro atoms. The van der Waals surface area contributed by atoms with Crippen molar-refractivity contribution in [1.82, 2.24) is 5.32 Å². The van der Waals surface area contributed by atoms with E-state index >= 15 is 0 Å². The lowest BCUT2D eigenvalue weighted by atomic mass is 9.92. The number of rotatable bonds is 4. The lowest BCUT2D eigenvalue weighted by Crippen LogP contribution is -2.26. The van der Waals surface area contributed by atoms with Crippen LogP contribution in [0.15, 0.2) is 24.3 Å². The number of carbonyl (C=O) groups is 1. The largest absolute Gasteiger partial charge is 0.478 e. The zero-order chi connectivity index (χ0) is 13.2. The van der Waals surface area contributed by atoms with Crippen molar-refractivity contribution >= 4 is 5.97 Å². The van der Waals surface area contributed by atoms with E-state index in [0.29, 0.717) is 17.0 Å². The fourth-order valence-electron chi connectivity index (χ4n) is 2.69. The molecular weight excluding hydrogens is 226 g/mol. The summed E-state index contributed by atoms with van der Waals surface area (Å²) < 4.78 is 0. The van der Waals surface area contributed by atoms with Gasteiger partial charge in [0.15, 0.2) is 0 Å². The van der Waals surface area contributed by atoms with Crippen molar-refractivity contribution in [2.75, 3.05) is 0 Å². The van der Waals surface area contributed by atoms with E-state index in [9.17, 15) is 4.79 Å². The van der Waals surface area contributed by atoms with E-state index < -0.39 is 5.97 Å². The molecular formula is C15H21NO2. The van der Waals surface area contributed by atoms with Crippen molar-refractivity contribution in [3.05, 3.63) is 35.4 Å². The lowest BCUT2D eigenvalue weighted by molar-refractivity contribution is 0.0696. The number of hydrogen-bond donors (Lipinski definition) is 2. The number of aromatic carboxylic acids is 1. The molecule has 1 aliphatic carbocycles. The van der Waals surface area contributed by atoms with Crippen LogP contribution in [0.2, 0.25) is 0 Å². The second-order valence-corrected chi connectivity index (χ2v) is 5.99. The number of carboxylic acid groups (broad SMARTS) is 1. The monoisotopic (exact) mass is 247 g/mol. The summed E-state index contributed by atoms with van der Waals surface area (Å²) in [5.74, 6) is -0.862. The number of hydrogen-bond acceptors (Lipinski definition) is 2. The molecule has 1 unspecified atom stereocenters. The molecule has 98 valence electrons. The maximum absolute atomic E-state index is 10.9. The van der Waals surface area contributed by atoms with Crippen LogP contribution in [-0.4, -0.2) is 17.1 Å². The van der Waals surface area contributed by atoms with Crippen LogP contribution in [0.3, 0.4) is 0 Å². The molecule has 1 aromatic carbocycles. The quantitative estimate of drug-likeness (QED) is 0.859. The van der Waals surface area contributed by atoms with Crippen molar-refractivity contribution in [2.45, 2.75) is 45.7 Å². The van der Waals surface area contributed by atoms with Gasteiger partial charge in [0.2, 0.25) is 0 Å². The molecule has 3 heteroatoms. The Bertz CT molecular complexity index is 440. The Morgan fingerprint density at radius 3 is 2.89 bits per heavy atom. The highest BCUT2D eigenvalue weighted by molar-refractivity contribution is 5.87. The third kappa shape index (κ3) is 3.33. The molecule has 0 saturated heterocycles. The molecule has 0 radical (unpaired) electrons. The first-order chi connectivity index (χ1) is 8.46. The van der Waals surface area contributed by atoms with Crippen molar-refractivity contribution in [1.29, 1.82) is 0 Å². The normalized spacial score (nSPS) is 22.0. The average Bonchev–Trinajstić information content (AvgIpc) is 2.67. The van der Waals surface area contributed by atoms with Crippen LogP contribution >= 0.6 is 0 Å². The first kappa shape index (κ1) is 13.1. The molecule has 1 atom stereocenters. The highest BCUT2D eigenvalue weighted by Gasteiger charge is 2.30. The van der Waals surface area contributed by atoms with Gasteiger partial charge in [-0.25, -0.2) is 4.79 Å². The fraction of sp³-hybridized carbons (Fsp3) is 0.533. The molecule has 1 fully saturated rings. The Labute approximate surface area is 108 Å². The molecule has 18 heavy (non-hydrogen) atoms. The standard InChI is InChI=1S/C15H21NO2/c1-15(2)7-6-13(9-15)16-10-11-4-3-5-12(8-11)14(17)18/h3-5,8,13,16H,6-7,9-10H2,1-2H3,(H,17,18). The smallest absolute Gasteiger partial charge is 0.335 e. The summed E-state index contributed by atoms with van der Waals surface area (Å²) in [7, 11) is 0. The van der Waals surface area contributed by atoms with E-state index in [1.165, 1.54) is 19.3 Å². The van der Waals surface area contributed by atoms with Gasteiger partial charge in [-0.05, 0) is 42.4 Å². The second-order valence-electron chi connectivity index (χ2n) is 5.99. The highest BCUT2D eigenvalue weighted by atomic mass is 16.4. The third-order valence-electron chi connectivity index (χ3n) is 3.74. The van der Waals surface area contributed by atoms with Crippen molar-refractivity contribution < 1.29 is 9.90 Å². The predicted molar refractivity (Wildman–Crippen MR) is 71.7 cm³/mol. The summed E-state index contributed by atoms with van der Waals surface area (Å²) in [6.07, 6.45) is 3.68. The van der Waals surface area contributed by atoms with E-state index in [4.69, 9.17) is 5.11 Å². The van der Waals surface area contributed by atoms with Crippen LogP contribution in [0.5, 0.6) is 0 Å². The SMILES string of the molecule is CC1(C)CCC(NCc2cccc(C(=O)O)c2)C1. The molecule has 0 aromatic heterocycles. The van der Waals surface area contributed by atoms with Gasteiger partial charge in [-0.15, -0.1) is 0 Å². The summed E-state index contributed by atoms with van der Waals surface area (Å²) in [5, 5.41) is 12.5. The summed E-state index contributed by atoms with van der Waals surface area (Å²) in [6, 6.07) is 7.71. The van der Waals surface area contributed by atoms with Gasteiger partial charge in [0.25, 0.3) is 0 Å². The van der Waals surface area contributed by atoms with E-state index in [1.807, 2.05) is 6.07 Å². The van der Waals surface area contributed by atoms with Crippen LogP contribution in [0.4, 0.5) is 0 Å². The Morgan fingerprint density at radius 2 is 2.28 bits per heavy atom. The van der Waals surface area contributed by atoms with Crippen LogP contribution < -0.4 is 5.32 Å². The van der Waals surface area contributed by atoms with E-state index in [0.717, 1.165) is 12.1 Å². The Hall–Kier alpha value is -1.35. The second kappa shape index (κ2) is 5.11. The van der Waals surface area contributed by atoms with Gasteiger partial charge in [-0.3, -0.25) is 0 Å². The molecule has 3 nitrogen and oxygen atoms in total. The van der Waals surface area contributed by atoms with Gasteiger partial charge in [0.1, 0.15) is 0 Å². The minimum absolute atomic E-state index is 0.362. The molecule has 2 N–H and O–H groups in total. The summed E-state index contributed by atoms with van der Waals surface area (Å²) >= 11 is 0. The molecule has 2 rings (SSSR count). The van der Waals surface area contributed by atoms with Crippen molar-refractivity contribution in [2.24, 2.45) is 5.41 Å². The molecule has 1 saturated carbocycles. The van der Waals surface area contributed by atoms with Crippen LogP contribution in [0.25, 0.3) is 0 Å². The number of nitrogens with one attached hydrogen (secondary N) is 1. The molecule has 1 aromatic rings. The third-order valence-corrected chi connectivity index (χ3v) is 3.74. The van der Waals surface area contributed by atoms with Gasteiger partial charge in [0.05, 0.1) is 5.56 Å². The van der Waals surface area contributed by atoms with Gasteiger partial charge in [0, 0.05) is 12.6 Å². The zero-order valence-electron chi connectivity index (χ0n) is 11.1. The van der Waals surface area contributed by atoms with E-state index in [2.05, 4.69) is 19.2 Å². The van der Waals surface area contributed by atoms with Gasteiger partial charge in [-0.1, -0.05) is 26.0 Å². The van der Waals surface area contributed by atoms with E-state index in [1.54, 1.807) is 18.2 Å². The van der Waals surface area contributed by atoms with Crippen LogP contribution in [0.1, 0.15) is 49.0 Å². The number of benzene rings is 1. The van der Waals surface area contributed by atoms with Crippen molar-refractivity contribution in [3.63, 3.8) is 0 Å². The average molecular weight is 247 g/mol. The maximum Gasteiger partial charge on any atom is 0.335 e. The predicted octanol–water partition coefficient (Wildman–Crippen LogP) is 3.05. The van der Waals surface area contributed by atoms with Gasteiger partial charge < -0.3 is 10.4 Å². The molecule has 1 aliphatic rings. The molecule has 0 aliphatic heterocycles. The van der Waals surface area contributed by atoms with Gasteiger partial charge in [-0.2, -0.15) is 0 Å². The summed E-state index contributed by atoms with van der Waals surface area (Å²) in [6.45, 7) is 5.36. The van der Waals surface area contributed by atoms with Crippen LogP contribution in [-0.2, 0) is 6.54 Å². The first-order valence-corrected chi connectivity index (χ1v) is 6.52. The highest BCUT2D eigenvalue weighted by Crippen LogP contribution is 2.36. The Morgan fingerprint density at radius 1 is 1.50 bits per heavy atom. The van der Waals surface area contributed by atoms with Gasteiger partial charge >= 0.3 is 5.97 Å². The Kier molecular flexibility index (Phi) is 3.71. The van der Waals surface area contributed by atoms with Crippen LogP contribution in [0, 0.1) is 5.41 Å². The fourth-order valence-corrected chi connectivity index (χ4v) is 2.69. The minimum Gasteiger partial charge on any atom is -0.478 e. The molecule has 0 bridgehead atoms. The maximum atomic E-state index is 10.9. The topological polar surface area (TPSA) is 49.3 Å². The van der Waals surface area contributed by atoms with E-state index in [-0.39, 0.29) is 0 Å². The minimum atomic E-state index is -0.862. The zero-order valence-corrected chi connectivity index (χ0v) is 11.1. The first-order valence-electron chi connectivity index (χ1n) is 6.52. The Balaban J connectivity index is 1.91.